The van der Waals surface area contributed by atoms with E-state index < -0.39 is 0 Å². The van der Waals surface area contributed by atoms with E-state index in [2.05, 4.69) is 10.1 Å². The molecule has 194 valence electrons. The quantitative estimate of drug-likeness (QED) is 0.205. The summed E-state index contributed by atoms with van der Waals surface area (Å²) in [6, 6.07) is 12.1. The van der Waals surface area contributed by atoms with E-state index in [1.165, 1.54) is 30.0 Å². The van der Waals surface area contributed by atoms with E-state index in [-0.39, 0.29) is 23.1 Å². The molecule has 1 amide bonds. The Morgan fingerprint density at radius 1 is 1.18 bits per heavy atom. The number of aromatic nitrogens is 2. The molecule has 1 aliphatic heterocycles. The zero-order valence-electron chi connectivity index (χ0n) is 21.0. The van der Waals surface area contributed by atoms with Crippen LogP contribution in [-0.4, -0.2) is 39.4 Å². The fraction of sp³-hybridized carbons (Fsp3) is 0.185. The number of furan rings is 1. The molecule has 9 nitrogen and oxygen atoms in total. The van der Waals surface area contributed by atoms with Crippen LogP contribution in [0, 0.1) is 20.8 Å². The van der Waals surface area contributed by atoms with Crippen LogP contribution < -0.4 is 9.64 Å². The smallest absolute Gasteiger partial charge is 0.283 e. The Bertz CT molecular complexity index is 1600. The van der Waals surface area contributed by atoms with Gasteiger partial charge in [0.15, 0.2) is 16.8 Å². The number of ketones is 1. The number of aryl methyl sites for hydroxylation is 2. The first-order valence-corrected chi connectivity index (χ1v) is 12.9. The number of aliphatic imine (C=N–C) groups is 1. The predicted molar refractivity (Wildman–Crippen MR) is 146 cm³/mol. The molecule has 0 N–H and O–H groups in total. The Morgan fingerprint density at radius 3 is 2.66 bits per heavy atom. The second kappa shape index (κ2) is 10.4. The first kappa shape index (κ1) is 25.6. The second-order valence-electron chi connectivity index (χ2n) is 8.53. The molecule has 0 saturated heterocycles. The van der Waals surface area contributed by atoms with Crippen molar-refractivity contribution in [3.63, 3.8) is 0 Å². The Balaban J connectivity index is 1.43. The minimum absolute atomic E-state index is 0.0582. The number of Topliss-reactive ketones (excluding diaryl/α,β-unsaturated/α-hetero) is 1. The van der Waals surface area contributed by atoms with Gasteiger partial charge in [-0.15, -0.1) is 0 Å². The molecule has 38 heavy (non-hydrogen) atoms. The molecule has 0 aliphatic carbocycles. The van der Waals surface area contributed by atoms with Crippen LogP contribution in [0.4, 0.5) is 5.69 Å². The van der Waals surface area contributed by atoms with Gasteiger partial charge in [-0.2, -0.15) is 0 Å². The van der Waals surface area contributed by atoms with Gasteiger partial charge in [0, 0.05) is 29.1 Å². The Hall–Kier alpha value is -4.02. The maximum absolute atomic E-state index is 13.4. The van der Waals surface area contributed by atoms with Gasteiger partial charge in [0.25, 0.3) is 5.91 Å². The number of anilines is 1. The highest BCUT2D eigenvalue weighted by molar-refractivity contribution is 8.14. The first-order chi connectivity index (χ1) is 18.3. The van der Waals surface area contributed by atoms with Gasteiger partial charge in [-0.1, -0.05) is 28.5 Å². The van der Waals surface area contributed by atoms with Crippen LogP contribution in [0.5, 0.6) is 5.75 Å². The van der Waals surface area contributed by atoms with Gasteiger partial charge < -0.3 is 13.7 Å². The molecular weight excluding hydrogens is 528 g/mol. The number of halogens is 1. The number of hydrogen-bond donors (Lipinski definition) is 0. The van der Waals surface area contributed by atoms with Crippen molar-refractivity contribution in [2.45, 2.75) is 20.8 Å². The maximum atomic E-state index is 13.4. The van der Waals surface area contributed by atoms with Crippen LogP contribution >= 0.6 is 23.4 Å². The maximum Gasteiger partial charge on any atom is 0.283 e. The number of nitrogens with zero attached hydrogens (tertiary/aromatic N) is 4. The van der Waals surface area contributed by atoms with E-state index in [0.717, 1.165) is 11.4 Å². The van der Waals surface area contributed by atoms with E-state index in [4.69, 9.17) is 25.3 Å². The molecule has 5 rings (SSSR count). The molecule has 0 bridgehead atoms. The predicted octanol–water partition coefficient (Wildman–Crippen LogP) is 6.01. The first-order valence-electron chi connectivity index (χ1n) is 11.6. The number of amidine groups is 1. The molecular formula is C27H23ClN4O5S. The van der Waals surface area contributed by atoms with E-state index in [9.17, 15) is 9.59 Å². The van der Waals surface area contributed by atoms with Gasteiger partial charge in [-0.05, 0) is 57.2 Å². The van der Waals surface area contributed by atoms with Crippen molar-refractivity contribution in [1.82, 2.24) is 9.72 Å². The van der Waals surface area contributed by atoms with Crippen LogP contribution in [0.2, 0.25) is 5.02 Å². The Morgan fingerprint density at radius 2 is 2.00 bits per heavy atom. The molecule has 1 aromatic carbocycles. The summed E-state index contributed by atoms with van der Waals surface area (Å²) in [5.74, 6) is 1.85. The highest BCUT2D eigenvalue weighted by atomic mass is 35.5. The second-order valence-corrected chi connectivity index (χ2v) is 9.88. The van der Waals surface area contributed by atoms with Gasteiger partial charge in [0.1, 0.15) is 23.0 Å². The summed E-state index contributed by atoms with van der Waals surface area (Å²) in [5.41, 5.74) is 2.85. The highest BCUT2D eigenvalue weighted by Gasteiger charge is 2.33. The third kappa shape index (κ3) is 4.80. The van der Waals surface area contributed by atoms with Crippen molar-refractivity contribution >= 4 is 52.0 Å². The number of methoxy groups -OCH3 is 1. The number of ether oxygens (including phenoxy) is 1. The number of carbonyl (C=O) groups excluding carboxylic acids is 2. The van der Waals surface area contributed by atoms with Crippen LogP contribution in [-0.2, 0) is 4.79 Å². The molecule has 0 unspecified atom stereocenters. The highest BCUT2D eigenvalue weighted by Crippen LogP contribution is 2.35. The Kier molecular flexibility index (Phi) is 7.00. The number of benzene rings is 1. The van der Waals surface area contributed by atoms with Crippen LogP contribution in [0.1, 0.15) is 33.3 Å². The standard InChI is InChI=1S/C27H23ClN4O5S/c1-15-10-20(17(3)31(15)25-11-16(2)37-30-25)23(33)14-38-27-29-22(13-19-6-5-9-36-19)26(34)32(27)18-7-8-24(35-4)21(28)12-18/h5-13H,14H2,1-4H3/b22-13-. The summed E-state index contributed by atoms with van der Waals surface area (Å²) in [4.78, 5) is 32.7. The fourth-order valence-electron chi connectivity index (χ4n) is 4.19. The Labute approximate surface area is 227 Å². The van der Waals surface area contributed by atoms with Crippen molar-refractivity contribution in [2.75, 3.05) is 17.8 Å². The van der Waals surface area contributed by atoms with E-state index in [0.29, 0.717) is 44.5 Å². The van der Waals surface area contributed by atoms with E-state index in [1.54, 1.807) is 36.4 Å². The van der Waals surface area contributed by atoms with Crippen molar-refractivity contribution < 1.29 is 23.3 Å². The lowest BCUT2D eigenvalue weighted by Gasteiger charge is -2.18. The van der Waals surface area contributed by atoms with Gasteiger partial charge in [0.2, 0.25) is 0 Å². The lowest BCUT2D eigenvalue weighted by atomic mass is 10.2. The summed E-state index contributed by atoms with van der Waals surface area (Å²) in [6.07, 6.45) is 3.07. The normalized spacial score (nSPS) is 14.4. The number of rotatable bonds is 7. The minimum atomic E-state index is -0.364. The molecule has 0 fully saturated rings. The van der Waals surface area contributed by atoms with Gasteiger partial charge in [0.05, 0.1) is 29.8 Å². The van der Waals surface area contributed by atoms with E-state index in [1.807, 2.05) is 37.5 Å². The van der Waals surface area contributed by atoms with Gasteiger partial charge in [-0.25, -0.2) is 4.99 Å². The average Bonchev–Trinajstić information content (AvgIpc) is 3.67. The summed E-state index contributed by atoms with van der Waals surface area (Å²) in [6.45, 7) is 5.58. The average molecular weight is 551 g/mol. The largest absolute Gasteiger partial charge is 0.495 e. The monoisotopic (exact) mass is 550 g/mol. The number of amides is 1. The summed E-state index contributed by atoms with van der Waals surface area (Å²) in [5, 5.41) is 4.77. The molecule has 0 spiro atoms. The molecule has 0 atom stereocenters. The summed E-state index contributed by atoms with van der Waals surface area (Å²) >= 11 is 7.51. The van der Waals surface area contributed by atoms with Crippen molar-refractivity contribution in [1.29, 1.82) is 0 Å². The van der Waals surface area contributed by atoms with Gasteiger partial charge in [-0.3, -0.25) is 19.1 Å². The van der Waals surface area contributed by atoms with Crippen LogP contribution in [0.15, 0.2) is 68.4 Å². The molecule has 3 aromatic heterocycles. The van der Waals surface area contributed by atoms with Crippen molar-refractivity contribution in [2.24, 2.45) is 4.99 Å². The third-order valence-corrected chi connectivity index (χ3v) is 7.19. The summed E-state index contributed by atoms with van der Waals surface area (Å²) < 4.78 is 17.7. The van der Waals surface area contributed by atoms with Crippen molar-refractivity contribution in [3.05, 3.63) is 87.9 Å². The molecule has 1 aliphatic rings. The fourth-order valence-corrected chi connectivity index (χ4v) is 5.34. The van der Waals surface area contributed by atoms with Crippen LogP contribution in [0.3, 0.4) is 0 Å². The molecule has 11 heteroatoms. The third-order valence-electron chi connectivity index (χ3n) is 5.95. The SMILES string of the molecule is COc1ccc(N2C(=O)/C(=C/c3ccco3)N=C2SCC(=O)c2cc(C)n(-c3cc(C)on3)c2C)cc1Cl. The molecule has 0 saturated carbocycles. The molecule has 4 aromatic rings. The lowest BCUT2D eigenvalue weighted by Crippen LogP contribution is -2.30. The zero-order valence-corrected chi connectivity index (χ0v) is 22.6. The van der Waals surface area contributed by atoms with Crippen molar-refractivity contribution in [3.8, 4) is 11.6 Å². The lowest BCUT2D eigenvalue weighted by molar-refractivity contribution is -0.113. The van der Waals surface area contributed by atoms with Crippen LogP contribution in [0.25, 0.3) is 11.9 Å². The van der Waals surface area contributed by atoms with E-state index >= 15 is 0 Å². The minimum Gasteiger partial charge on any atom is -0.495 e. The molecule has 0 radical (unpaired) electrons. The number of thioether (sulfide) groups is 1. The summed E-state index contributed by atoms with van der Waals surface area (Å²) in [7, 11) is 1.52. The zero-order chi connectivity index (χ0) is 27.0. The van der Waals surface area contributed by atoms with Gasteiger partial charge >= 0.3 is 0 Å². The molecule has 4 heterocycles. The number of hydrogen-bond acceptors (Lipinski definition) is 8. The topological polar surface area (TPSA) is 103 Å². The number of carbonyl (C=O) groups is 2.